The van der Waals surface area contributed by atoms with E-state index in [1.165, 1.54) is 23.2 Å². The van der Waals surface area contributed by atoms with Gasteiger partial charge in [-0.2, -0.15) is 0 Å². The molecule has 1 saturated carbocycles. The van der Waals surface area contributed by atoms with Gasteiger partial charge in [0.1, 0.15) is 36.2 Å². The van der Waals surface area contributed by atoms with Crippen molar-refractivity contribution in [2.24, 2.45) is 0 Å². The van der Waals surface area contributed by atoms with Crippen LogP contribution in [-0.2, 0) is 13.8 Å². The second-order valence-electron chi connectivity index (χ2n) is 12.0. The van der Waals surface area contributed by atoms with Gasteiger partial charge in [0.25, 0.3) is 0 Å². The molecule has 15 nitrogen and oxygen atoms in total. The zero-order valence-electron chi connectivity index (χ0n) is 24.4. The summed E-state index contributed by atoms with van der Waals surface area (Å²) in [6.45, 7) is -1.43. The molecule has 4 aliphatic rings. The summed E-state index contributed by atoms with van der Waals surface area (Å²) >= 11 is 0. The third kappa shape index (κ3) is 5.57. The molecule has 4 N–H and O–H groups in total. The highest BCUT2D eigenvalue weighted by atomic mass is 31.2. The van der Waals surface area contributed by atoms with Crippen LogP contribution in [0.15, 0.2) is 35.3 Å². The fourth-order valence-corrected chi connectivity index (χ4v) is 7.22. The lowest BCUT2D eigenvalue weighted by molar-refractivity contribution is 0.00780. The molecule has 1 amide bonds. The number of anilines is 2. The van der Waals surface area contributed by atoms with Gasteiger partial charge in [0.15, 0.2) is 23.1 Å². The number of phosphoric ester groups is 1. The quantitative estimate of drug-likeness (QED) is 0.241. The Balaban J connectivity index is 1.21. The number of carboxylic acids is 1. The van der Waals surface area contributed by atoms with Gasteiger partial charge in [0.2, 0.25) is 5.43 Å². The number of carbonyl (C=O) groups excluding carboxylic acids is 1. The smallest absolute Gasteiger partial charge is 0.470 e. The van der Waals surface area contributed by atoms with Gasteiger partial charge in [-0.3, -0.25) is 14.2 Å². The maximum Gasteiger partial charge on any atom is 0.470 e. The Labute approximate surface area is 263 Å². The molecular weight excluding hydrogens is 651 g/mol. The van der Waals surface area contributed by atoms with E-state index in [0.717, 1.165) is 17.0 Å². The van der Waals surface area contributed by atoms with Crippen LogP contribution in [0, 0.1) is 11.6 Å². The fourth-order valence-electron chi connectivity index (χ4n) is 6.54. The molecule has 0 bridgehead atoms. The largest absolute Gasteiger partial charge is 0.487 e. The summed E-state index contributed by atoms with van der Waals surface area (Å²) in [5.41, 5.74) is -2.95. The van der Waals surface area contributed by atoms with Crippen molar-refractivity contribution < 1.29 is 61.7 Å². The van der Waals surface area contributed by atoms with Crippen LogP contribution >= 0.6 is 7.82 Å². The molecule has 0 unspecified atom stereocenters. The molecule has 7 rings (SSSR count). The number of pyridine rings is 1. The highest BCUT2D eigenvalue weighted by Crippen LogP contribution is 2.52. The zero-order chi connectivity index (χ0) is 33.4. The van der Waals surface area contributed by atoms with E-state index < -0.39 is 73.5 Å². The number of hydrogen-bond acceptors (Lipinski definition) is 10. The van der Waals surface area contributed by atoms with Crippen LogP contribution in [0.5, 0.6) is 11.5 Å². The SMILES string of the molecule is O=C(O)c1cn(C2CC2)c2c3c(c(F)cc2c1=O)N1C[C@@](COc2ccc(N4C[C@H](CO)OC4=O)cc2F)(OP(=O)(O)O)C[C@H]1CO3. The average molecular weight is 680 g/mol. The normalized spacial score (nSPS) is 23.8. The number of aliphatic hydroxyl groups is 1. The number of carboxylic acid groups (broad SMARTS) is 1. The van der Waals surface area contributed by atoms with Crippen molar-refractivity contribution in [2.75, 3.05) is 42.7 Å². The molecule has 3 aromatic rings. The summed E-state index contributed by atoms with van der Waals surface area (Å²) < 4.78 is 66.7. The maximum atomic E-state index is 15.9. The number of ether oxygens (including phenoxy) is 3. The first kappa shape index (κ1) is 31.3. The van der Waals surface area contributed by atoms with Crippen LogP contribution in [0.2, 0.25) is 0 Å². The summed E-state index contributed by atoms with van der Waals surface area (Å²) in [6.07, 6.45) is 0.947. The van der Waals surface area contributed by atoms with Crippen LogP contribution in [0.3, 0.4) is 0 Å². The van der Waals surface area contributed by atoms with Gasteiger partial charge in [-0.15, -0.1) is 0 Å². The zero-order valence-corrected chi connectivity index (χ0v) is 25.3. The third-order valence-electron chi connectivity index (χ3n) is 8.69. The molecule has 0 spiro atoms. The second-order valence-corrected chi connectivity index (χ2v) is 13.2. The summed E-state index contributed by atoms with van der Waals surface area (Å²) in [5, 5.41) is 18.7. The molecule has 2 saturated heterocycles. The minimum atomic E-state index is -5.19. The number of amides is 1. The van der Waals surface area contributed by atoms with E-state index in [1.54, 1.807) is 4.57 Å². The Morgan fingerprint density at radius 1 is 1.13 bits per heavy atom. The van der Waals surface area contributed by atoms with Crippen molar-refractivity contribution in [3.63, 3.8) is 0 Å². The van der Waals surface area contributed by atoms with Crippen LogP contribution in [-0.4, -0.2) is 87.3 Å². The van der Waals surface area contributed by atoms with E-state index >= 15 is 8.78 Å². The number of hydrogen-bond donors (Lipinski definition) is 4. The van der Waals surface area contributed by atoms with E-state index in [-0.39, 0.29) is 65.9 Å². The van der Waals surface area contributed by atoms with Gasteiger partial charge in [0, 0.05) is 24.7 Å². The fraction of sp³-hybridized carbons (Fsp3) is 0.414. The van der Waals surface area contributed by atoms with Gasteiger partial charge in [-0.05, 0) is 31.0 Å². The van der Waals surface area contributed by atoms with Crippen LogP contribution in [0.1, 0.15) is 35.7 Å². The number of cyclic esters (lactones) is 1. The number of aliphatic hydroxyl groups excluding tert-OH is 1. The molecule has 3 aliphatic heterocycles. The summed E-state index contributed by atoms with van der Waals surface area (Å²) in [7, 11) is -5.19. The Morgan fingerprint density at radius 2 is 1.89 bits per heavy atom. The molecular formula is C29H28F2N3O12P. The van der Waals surface area contributed by atoms with Gasteiger partial charge in [0.05, 0.1) is 42.3 Å². The first-order chi connectivity index (χ1) is 22.3. The summed E-state index contributed by atoms with van der Waals surface area (Å²) in [5.74, 6) is -3.62. The minimum absolute atomic E-state index is 0.00165. The summed E-state index contributed by atoms with van der Waals surface area (Å²) in [6, 6.07) is 3.70. The van der Waals surface area contributed by atoms with Crippen molar-refractivity contribution in [1.29, 1.82) is 0 Å². The van der Waals surface area contributed by atoms with Crippen LogP contribution < -0.4 is 24.7 Å². The van der Waals surface area contributed by atoms with Crippen LogP contribution in [0.4, 0.5) is 25.0 Å². The number of halogens is 2. The predicted octanol–water partition coefficient (Wildman–Crippen LogP) is 2.53. The van der Waals surface area contributed by atoms with Gasteiger partial charge < -0.3 is 43.7 Å². The molecule has 250 valence electrons. The molecule has 0 radical (unpaired) electrons. The first-order valence-corrected chi connectivity index (χ1v) is 16.1. The van der Waals surface area contributed by atoms with Gasteiger partial charge in [-0.25, -0.2) is 22.9 Å². The maximum absolute atomic E-state index is 15.9. The topological polar surface area (TPSA) is 198 Å². The Kier molecular flexibility index (Phi) is 7.44. The second kappa shape index (κ2) is 11.2. The predicted molar refractivity (Wildman–Crippen MR) is 157 cm³/mol. The monoisotopic (exact) mass is 679 g/mol. The number of aromatic carboxylic acids is 1. The highest BCUT2D eigenvalue weighted by Gasteiger charge is 2.53. The number of aromatic nitrogens is 1. The average Bonchev–Trinajstić information content (AvgIpc) is 3.68. The van der Waals surface area contributed by atoms with Crippen molar-refractivity contribution in [3.05, 3.63) is 57.9 Å². The molecule has 2 aromatic carbocycles. The Morgan fingerprint density at radius 3 is 2.53 bits per heavy atom. The Hall–Kier alpha value is -4.28. The van der Waals surface area contributed by atoms with Gasteiger partial charge in [-0.1, -0.05) is 0 Å². The number of fused-ring (bicyclic) bond motifs is 5. The number of rotatable bonds is 9. The van der Waals surface area contributed by atoms with Crippen molar-refractivity contribution in [2.45, 2.75) is 43.1 Å². The van der Waals surface area contributed by atoms with E-state index in [4.69, 9.17) is 18.7 Å². The van der Waals surface area contributed by atoms with Gasteiger partial charge >= 0.3 is 19.9 Å². The number of carbonyl (C=O) groups is 2. The minimum Gasteiger partial charge on any atom is -0.487 e. The molecule has 3 fully saturated rings. The standard InChI is InChI=1S/C29H28F2N3O12P/c30-20-5-15(33-8-17(10-35)45-28(33)39)3-4-22(20)44-13-29(46-47(40,41)42)7-16-11-43-26-23-18(6-21(31)24(26)34(16)12-29)25(36)19(27(37)38)9-32(23)14-1-2-14/h3-6,9,14,16-17,35H,1-2,7-8,10-13H2,(H,37,38)(H2,40,41,42)/t16-,17+,29-/m0/s1. The lowest BCUT2D eigenvalue weighted by Gasteiger charge is -2.35. The first-order valence-electron chi connectivity index (χ1n) is 14.6. The molecule has 1 aliphatic carbocycles. The number of phosphoric acid groups is 1. The van der Waals surface area contributed by atoms with Crippen molar-refractivity contribution in [1.82, 2.24) is 4.57 Å². The third-order valence-corrected chi connectivity index (χ3v) is 9.32. The van der Waals surface area contributed by atoms with E-state index in [1.807, 2.05) is 0 Å². The highest BCUT2D eigenvalue weighted by molar-refractivity contribution is 7.46. The molecule has 3 atom stereocenters. The Bertz CT molecular complexity index is 1930. The van der Waals surface area contributed by atoms with E-state index in [0.29, 0.717) is 12.8 Å². The van der Waals surface area contributed by atoms with E-state index in [2.05, 4.69) is 0 Å². The summed E-state index contributed by atoms with van der Waals surface area (Å²) in [4.78, 5) is 59.2. The van der Waals surface area contributed by atoms with Crippen molar-refractivity contribution >= 4 is 42.2 Å². The number of benzene rings is 2. The lowest BCUT2D eigenvalue weighted by Crippen LogP contribution is -2.42. The molecule has 18 heteroatoms. The lowest BCUT2D eigenvalue weighted by atomic mass is 10.0. The molecule has 47 heavy (non-hydrogen) atoms. The van der Waals surface area contributed by atoms with Crippen molar-refractivity contribution in [3.8, 4) is 11.5 Å². The van der Waals surface area contributed by atoms with Crippen LogP contribution in [0.25, 0.3) is 10.9 Å². The number of nitrogens with zero attached hydrogens (tertiary/aromatic N) is 3. The molecule has 4 heterocycles. The van der Waals surface area contributed by atoms with E-state index in [9.17, 15) is 38.9 Å². The molecule has 1 aromatic heterocycles.